The third-order valence-corrected chi connectivity index (χ3v) is 2.00. The molecule has 0 N–H and O–H groups in total. The smallest absolute Gasteiger partial charge is 0.0408 e. The first kappa shape index (κ1) is 9.63. The summed E-state index contributed by atoms with van der Waals surface area (Å²) in [6.07, 6.45) is 1.71. The Bertz CT molecular complexity index is 279. The first-order valence-corrected chi connectivity index (χ1v) is 4.52. The fraction of sp³-hybridized carbons (Fsp3) is 0.200. The molecule has 0 aliphatic heterocycles. The van der Waals surface area contributed by atoms with E-state index >= 15 is 0 Å². The minimum atomic E-state index is 0.690. The standard InChI is InChI=1S/C10H10Cl2/c1-8(11)5-6-9-3-2-4-10(12)7-9/h2-4,7H,1,5-6H2. The number of hydrogen-bond donors (Lipinski definition) is 0. The summed E-state index contributed by atoms with van der Waals surface area (Å²) in [7, 11) is 0. The maximum absolute atomic E-state index is 5.80. The second-order valence-corrected chi connectivity index (χ2v) is 3.62. The molecule has 2 heteroatoms. The van der Waals surface area contributed by atoms with Gasteiger partial charge in [-0.05, 0) is 30.5 Å². The van der Waals surface area contributed by atoms with Gasteiger partial charge in [0.1, 0.15) is 0 Å². The van der Waals surface area contributed by atoms with Gasteiger partial charge < -0.3 is 0 Å². The molecule has 64 valence electrons. The summed E-state index contributed by atoms with van der Waals surface area (Å²) in [5.74, 6) is 0. The van der Waals surface area contributed by atoms with E-state index in [1.165, 1.54) is 5.56 Å². The van der Waals surface area contributed by atoms with Gasteiger partial charge in [0.2, 0.25) is 0 Å². The highest BCUT2D eigenvalue weighted by Gasteiger charge is 1.94. The minimum Gasteiger partial charge on any atom is -0.0898 e. The van der Waals surface area contributed by atoms with E-state index in [1.807, 2.05) is 24.3 Å². The third kappa shape index (κ3) is 3.29. The van der Waals surface area contributed by atoms with Crippen LogP contribution in [0.5, 0.6) is 0 Å². The van der Waals surface area contributed by atoms with E-state index in [-0.39, 0.29) is 0 Å². The van der Waals surface area contributed by atoms with Crippen molar-refractivity contribution in [3.8, 4) is 0 Å². The summed E-state index contributed by atoms with van der Waals surface area (Å²) in [4.78, 5) is 0. The number of aryl methyl sites for hydroxylation is 1. The number of hydrogen-bond acceptors (Lipinski definition) is 0. The molecule has 0 heterocycles. The summed E-state index contributed by atoms with van der Waals surface area (Å²) in [6.45, 7) is 3.63. The normalized spacial score (nSPS) is 9.83. The second kappa shape index (κ2) is 4.54. The van der Waals surface area contributed by atoms with Crippen LogP contribution in [0.1, 0.15) is 12.0 Å². The van der Waals surface area contributed by atoms with Gasteiger partial charge in [0.15, 0.2) is 0 Å². The van der Waals surface area contributed by atoms with E-state index in [1.54, 1.807) is 0 Å². The third-order valence-electron chi connectivity index (χ3n) is 1.57. The first-order valence-electron chi connectivity index (χ1n) is 3.76. The van der Waals surface area contributed by atoms with Crippen molar-refractivity contribution in [2.24, 2.45) is 0 Å². The molecular formula is C10H10Cl2. The van der Waals surface area contributed by atoms with Crippen LogP contribution in [0.3, 0.4) is 0 Å². The lowest BCUT2D eigenvalue weighted by Crippen LogP contribution is -1.83. The Kier molecular flexibility index (Phi) is 3.64. The Morgan fingerprint density at radius 1 is 1.42 bits per heavy atom. The number of rotatable bonds is 3. The number of halogens is 2. The van der Waals surface area contributed by atoms with Gasteiger partial charge in [0.05, 0.1) is 0 Å². The van der Waals surface area contributed by atoms with Crippen LogP contribution < -0.4 is 0 Å². The summed E-state index contributed by atoms with van der Waals surface area (Å²) in [5.41, 5.74) is 1.20. The number of allylic oxidation sites excluding steroid dienone is 1. The van der Waals surface area contributed by atoms with Gasteiger partial charge in [0, 0.05) is 10.1 Å². The molecule has 0 nitrogen and oxygen atoms in total. The molecule has 1 aromatic carbocycles. The van der Waals surface area contributed by atoms with E-state index in [0.29, 0.717) is 5.03 Å². The van der Waals surface area contributed by atoms with E-state index in [9.17, 15) is 0 Å². The molecule has 0 saturated carbocycles. The topological polar surface area (TPSA) is 0 Å². The molecule has 1 aromatic rings. The van der Waals surface area contributed by atoms with Crippen LogP contribution in [0.2, 0.25) is 5.02 Å². The highest BCUT2D eigenvalue weighted by molar-refractivity contribution is 6.30. The van der Waals surface area contributed by atoms with Crippen LogP contribution >= 0.6 is 23.2 Å². The summed E-state index contributed by atoms with van der Waals surface area (Å²) >= 11 is 11.4. The van der Waals surface area contributed by atoms with E-state index in [0.717, 1.165) is 17.9 Å². The first-order chi connectivity index (χ1) is 5.68. The molecular weight excluding hydrogens is 191 g/mol. The van der Waals surface area contributed by atoms with Crippen molar-refractivity contribution in [2.45, 2.75) is 12.8 Å². The van der Waals surface area contributed by atoms with Crippen molar-refractivity contribution >= 4 is 23.2 Å². The lowest BCUT2D eigenvalue weighted by atomic mass is 10.1. The lowest BCUT2D eigenvalue weighted by Gasteiger charge is -1.99. The van der Waals surface area contributed by atoms with Crippen LogP contribution in [-0.2, 0) is 6.42 Å². The van der Waals surface area contributed by atoms with Gasteiger partial charge in [-0.3, -0.25) is 0 Å². The predicted molar refractivity (Wildman–Crippen MR) is 54.8 cm³/mol. The monoisotopic (exact) mass is 200 g/mol. The molecule has 0 atom stereocenters. The highest BCUT2D eigenvalue weighted by atomic mass is 35.5. The van der Waals surface area contributed by atoms with Crippen molar-refractivity contribution in [3.63, 3.8) is 0 Å². The van der Waals surface area contributed by atoms with Crippen molar-refractivity contribution in [1.29, 1.82) is 0 Å². The Labute approximate surface area is 82.8 Å². The predicted octanol–water partition coefficient (Wildman–Crippen LogP) is 4.03. The van der Waals surface area contributed by atoms with Crippen molar-refractivity contribution in [2.75, 3.05) is 0 Å². The highest BCUT2D eigenvalue weighted by Crippen LogP contribution is 2.14. The second-order valence-electron chi connectivity index (χ2n) is 2.65. The maximum atomic E-state index is 5.80. The van der Waals surface area contributed by atoms with Crippen LogP contribution in [0.15, 0.2) is 35.9 Å². The zero-order chi connectivity index (χ0) is 8.97. The van der Waals surface area contributed by atoms with Gasteiger partial charge in [0.25, 0.3) is 0 Å². The lowest BCUT2D eigenvalue weighted by molar-refractivity contribution is 0.989. The van der Waals surface area contributed by atoms with Crippen molar-refractivity contribution in [1.82, 2.24) is 0 Å². The van der Waals surface area contributed by atoms with E-state index in [2.05, 4.69) is 6.58 Å². The van der Waals surface area contributed by atoms with E-state index < -0.39 is 0 Å². The quantitative estimate of drug-likeness (QED) is 0.692. The molecule has 0 aliphatic carbocycles. The fourth-order valence-electron chi connectivity index (χ4n) is 0.972. The van der Waals surface area contributed by atoms with Gasteiger partial charge in [-0.1, -0.05) is 41.9 Å². The molecule has 0 aromatic heterocycles. The van der Waals surface area contributed by atoms with Crippen LogP contribution in [-0.4, -0.2) is 0 Å². The summed E-state index contributed by atoms with van der Waals surface area (Å²) in [6, 6.07) is 7.78. The Balaban J connectivity index is 2.57. The molecule has 0 amide bonds. The van der Waals surface area contributed by atoms with Crippen LogP contribution in [0, 0.1) is 0 Å². The average molecular weight is 201 g/mol. The SMILES string of the molecule is C=C(Cl)CCc1cccc(Cl)c1. The molecule has 0 fully saturated rings. The van der Waals surface area contributed by atoms with Crippen molar-refractivity contribution < 1.29 is 0 Å². The fourth-order valence-corrected chi connectivity index (χ4v) is 1.28. The Hall–Kier alpha value is -0.460. The number of benzene rings is 1. The molecule has 0 aliphatic rings. The largest absolute Gasteiger partial charge is 0.0898 e. The summed E-state index contributed by atoms with van der Waals surface area (Å²) < 4.78 is 0. The Morgan fingerprint density at radius 2 is 2.17 bits per heavy atom. The molecule has 0 spiro atoms. The van der Waals surface area contributed by atoms with Gasteiger partial charge >= 0.3 is 0 Å². The molecule has 1 rings (SSSR count). The molecule has 0 unspecified atom stereocenters. The average Bonchev–Trinajstić information content (AvgIpc) is 2.01. The molecule has 0 radical (unpaired) electrons. The van der Waals surface area contributed by atoms with Gasteiger partial charge in [-0.2, -0.15) is 0 Å². The minimum absolute atomic E-state index is 0.690. The molecule has 0 bridgehead atoms. The van der Waals surface area contributed by atoms with Gasteiger partial charge in [-0.15, -0.1) is 0 Å². The van der Waals surface area contributed by atoms with Crippen LogP contribution in [0.4, 0.5) is 0 Å². The molecule has 0 saturated heterocycles. The van der Waals surface area contributed by atoms with Gasteiger partial charge in [-0.25, -0.2) is 0 Å². The maximum Gasteiger partial charge on any atom is 0.0408 e. The van der Waals surface area contributed by atoms with Crippen molar-refractivity contribution in [3.05, 3.63) is 46.5 Å². The zero-order valence-electron chi connectivity index (χ0n) is 6.69. The van der Waals surface area contributed by atoms with Crippen LogP contribution in [0.25, 0.3) is 0 Å². The molecule has 12 heavy (non-hydrogen) atoms. The summed E-state index contributed by atoms with van der Waals surface area (Å²) in [5, 5.41) is 1.46. The van der Waals surface area contributed by atoms with E-state index in [4.69, 9.17) is 23.2 Å². The Morgan fingerprint density at radius 3 is 2.75 bits per heavy atom. The zero-order valence-corrected chi connectivity index (χ0v) is 8.20.